The molecule has 0 aromatic heterocycles. The van der Waals surface area contributed by atoms with Gasteiger partial charge in [0.1, 0.15) is 0 Å². The van der Waals surface area contributed by atoms with E-state index >= 15 is 0 Å². The van der Waals surface area contributed by atoms with Crippen LogP contribution in [-0.2, 0) is 4.79 Å². The standard InChI is InChI=1S/C13H17N3O/c1-13(2,9-15-3)12(17)16-11-6-4-5-10(7-11)8-14/h4-7,15H,9H2,1-3H3,(H,16,17). The summed E-state index contributed by atoms with van der Waals surface area (Å²) in [6.45, 7) is 4.33. The molecule has 2 N–H and O–H groups in total. The molecule has 0 spiro atoms. The first-order chi connectivity index (χ1) is 7.99. The average Bonchev–Trinajstić information content (AvgIpc) is 2.29. The summed E-state index contributed by atoms with van der Waals surface area (Å²) >= 11 is 0. The van der Waals surface area contributed by atoms with E-state index in [9.17, 15) is 4.79 Å². The summed E-state index contributed by atoms with van der Waals surface area (Å²) in [6, 6.07) is 8.92. The molecular formula is C13H17N3O. The number of hydrogen-bond acceptors (Lipinski definition) is 3. The molecule has 17 heavy (non-hydrogen) atoms. The Morgan fingerprint density at radius 3 is 2.76 bits per heavy atom. The van der Waals surface area contributed by atoms with Crippen LogP contribution in [0.1, 0.15) is 19.4 Å². The van der Waals surface area contributed by atoms with Gasteiger partial charge in [-0.15, -0.1) is 0 Å². The second kappa shape index (κ2) is 5.46. The van der Waals surface area contributed by atoms with Crippen LogP contribution >= 0.6 is 0 Å². The van der Waals surface area contributed by atoms with Crippen molar-refractivity contribution < 1.29 is 4.79 Å². The third-order valence-electron chi connectivity index (χ3n) is 2.48. The Morgan fingerprint density at radius 1 is 1.47 bits per heavy atom. The second-order valence-corrected chi connectivity index (χ2v) is 4.56. The molecule has 0 aliphatic carbocycles. The van der Waals surface area contributed by atoms with E-state index in [4.69, 9.17) is 5.26 Å². The maximum atomic E-state index is 12.0. The van der Waals surface area contributed by atoms with Crippen molar-refractivity contribution in [1.82, 2.24) is 5.32 Å². The van der Waals surface area contributed by atoms with Crippen molar-refractivity contribution in [3.63, 3.8) is 0 Å². The molecule has 0 saturated carbocycles. The molecule has 1 amide bonds. The molecule has 1 aromatic rings. The molecule has 1 rings (SSSR count). The molecule has 90 valence electrons. The maximum absolute atomic E-state index is 12.0. The zero-order chi connectivity index (χ0) is 12.9. The number of carbonyl (C=O) groups is 1. The Labute approximate surface area is 102 Å². The third kappa shape index (κ3) is 3.58. The number of rotatable bonds is 4. The maximum Gasteiger partial charge on any atom is 0.231 e. The molecule has 0 fully saturated rings. The number of nitriles is 1. The smallest absolute Gasteiger partial charge is 0.231 e. The van der Waals surface area contributed by atoms with E-state index in [-0.39, 0.29) is 5.91 Å². The Kier molecular flexibility index (Phi) is 4.24. The van der Waals surface area contributed by atoms with Crippen molar-refractivity contribution in [2.24, 2.45) is 5.41 Å². The van der Waals surface area contributed by atoms with Gasteiger partial charge in [-0.25, -0.2) is 0 Å². The lowest BCUT2D eigenvalue weighted by Crippen LogP contribution is -2.38. The van der Waals surface area contributed by atoms with Gasteiger partial charge >= 0.3 is 0 Å². The van der Waals surface area contributed by atoms with E-state index in [1.807, 2.05) is 27.0 Å². The molecule has 4 nitrogen and oxygen atoms in total. The van der Waals surface area contributed by atoms with E-state index < -0.39 is 5.41 Å². The average molecular weight is 231 g/mol. The SMILES string of the molecule is CNCC(C)(C)C(=O)Nc1cccc(C#N)c1. The minimum atomic E-state index is -0.489. The van der Waals surface area contributed by atoms with E-state index in [2.05, 4.69) is 10.6 Å². The molecule has 0 radical (unpaired) electrons. The summed E-state index contributed by atoms with van der Waals surface area (Å²) in [4.78, 5) is 12.0. The molecular weight excluding hydrogens is 214 g/mol. The summed E-state index contributed by atoms with van der Waals surface area (Å²) in [6.07, 6.45) is 0. The van der Waals surface area contributed by atoms with E-state index in [1.165, 1.54) is 0 Å². The number of carbonyl (C=O) groups excluding carboxylic acids is 1. The molecule has 0 heterocycles. The van der Waals surface area contributed by atoms with Crippen LogP contribution in [0.2, 0.25) is 0 Å². The minimum absolute atomic E-state index is 0.0676. The molecule has 1 aromatic carbocycles. The number of hydrogen-bond donors (Lipinski definition) is 2. The number of anilines is 1. The van der Waals surface area contributed by atoms with Crippen molar-refractivity contribution in [3.8, 4) is 6.07 Å². The molecule has 4 heteroatoms. The molecule has 0 atom stereocenters. The van der Waals surface area contributed by atoms with Gasteiger partial charge < -0.3 is 10.6 Å². The zero-order valence-electron chi connectivity index (χ0n) is 10.4. The fourth-order valence-electron chi connectivity index (χ4n) is 1.49. The van der Waals surface area contributed by atoms with Gasteiger partial charge in [0.2, 0.25) is 5.91 Å². The molecule has 0 unspecified atom stereocenters. The van der Waals surface area contributed by atoms with Crippen molar-refractivity contribution in [3.05, 3.63) is 29.8 Å². The number of amides is 1. The third-order valence-corrected chi connectivity index (χ3v) is 2.48. The van der Waals surface area contributed by atoms with Crippen molar-refractivity contribution in [1.29, 1.82) is 5.26 Å². The monoisotopic (exact) mass is 231 g/mol. The van der Waals surface area contributed by atoms with Gasteiger partial charge in [0.05, 0.1) is 17.0 Å². The Hall–Kier alpha value is -1.86. The van der Waals surface area contributed by atoms with Gasteiger partial charge in [0.25, 0.3) is 0 Å². The van der Waals surface area contributed by atoms with Crippen LogP contribution in [0.3, 0.4) is 0 Å². The topological polar surface area (TPSA) is 64.9 Å². The fraction of sp³-hybridized carbons (Fsp3) is 0.385. The highest BCUT2D eigenvalue weighted by atomic mass is 16.2. The normalized spacial score (nSPS) is 10.7. The van der Waals surface area contributed by atoms with Crippen LogP contribution in [0.4, 0.5) is 5.69 Å². The van der Waals surface area contributed by atoms with Crippen LogP contribution in [0.25, 0.3) is 0 Å². The minimum Gasteiger partial charge on any atom is -0.326 e. The largest absolute Gasteiger partial charge is 0.326 e. The molecule has 0 aliphatic rings. The van der Waals surface area contributed by atoms with Crippen LogP contribution < -0.4 is 10.6 Å². The second-order valence-electron chi connectivity index (χ2n) is 4.56. The van der Waals surface area contributed by atoms with Gasteiger partial charge in [0.15, 0.2) is 0 Å². The molecule has 0 aliphatic heterocycles. The van der Waals surface area contributed by atoms with Gasteiger partial charge in [0, 0.05) is 12.2 Å². The van der Waals surface area contributed by atoms with Crippen LogP contribution in [0.5, 0.6) is 0 Å². The lowest BCUT2D eigenvalue weighted by atomic mass is 9.92. The predicted octanol–water partition coefficient (Wildman–Crippen LogP) is 1.74. The van der Waals surface area contributed by atoms with Crippen molar-refractivity contribution in [2.45, 2.75) is 13.8 Å². The first-order valence-electron chi connectivity index (χ1n) is 5.46. The summed E-state index contributed by atoms with van der Waals surface area (Å²) in [5, 5.41) is 14.6. The van der Waals surface area contributed by atoms with Crippen LogP contribution in [0.15, 0.2) is 24.3 Å². The van der Waals surface area contributed by atoms with Gasteiger partial charge in [-0.3, -0.25) is 4.79 Å². The Morgan fingerprint density at radius 2 is 2.18 bits per heavy atom. The number of nitrogens with zero attached hydrogens (tertiary/aromatic N) is 1. The highest BCUT2D eigenvalue weighted by Gasteiger charge is 2.26. The number of nitrogens with one attached hydrogen (secondary N) is 2. The first-order valence-corrected chi connectivity index (χ1v) is 5.46. The lowest BCUT2D eigenvalue weighted by molar-refractivity contribution is -0.123. The highest BCUT2D eigenvalue weighted by Crippen LogP contribution is 2.18. The summed E-state index contributed by atoms with van der Waals surface area (Å²) in [5.74, 6) is -0.0676. The van der Waals surface area contributed by atoms with Gasteiger partial charge in [-0.2, -0.15) is 5.26 Å². The predicted molar refractivity (Wildman–Crippen MR) is 67.5 cm³/mol. The Balaban J connectivity index is 2.78. The molecule has 0 bridgehead atoms. The van der Waals surface area contributed by atoms with E-state index in [0.29, 0.717) is 17.8 Å². The van der Waals surface area contributed by atoms with Crippen molar-refractivity contribution in [2.75, 3.05) is 18.9 Å². The van der Waals surface area contributed by atoms with E-state index in [1.54, 1.807) is 24.3 Å². The Bertz CT molecular complexity index is 446. The summed E-state index contributed by atoms with van der Waals surface area (Å²) in [7, 11) is 1.81. The fourth-order valence-corrected chi connectivity index (χ4v) is 1.49. The zero-order valence-corrected chi connectivity index (χ0v) is 10.4. The number of benzene rings is 1. The van der Waals surface area contributed by atoms with Crippen LogP contribution in [-0.4, -0.2) is 19.5 Å². The summed E-state index contributed by atoms with van der Waals surface area (Å²) in [5.41, 5.74) is 0.699. The summed E-state index contributed by atoms with van der Waals surface area (Å²) < 4.78 is 0. The lowest BCUT2D eigenvalue weighted by Gasteiger charge is -2.23. The van der Waals surface area contributed by atoms with Gasteiger partial charge in [-0.05, 0) is 39.1 Å². The highest BCUT2D eigenvalue weighted by molar-refractivity contribution is 5.95. The molecule has 0 saturated heterocycles. The first kappa shape index (κ1) is 13.2. The van der Waals surface area contributed by atoms with E-state index in [0.717, 1.165) is 0 Å². The quantitative estimate of drug-likeness (QED) is 0.829. The van der Waals surface area contributed by atoms with Gasteiger partial charge in [-0.1, -0.05) is 6.07 Å². The van der Waals surface area contributed by atoms with Crippen molar-refractivity contribution >= 4 is 11.6 Å². The van der Waals surface area contributed by atoms with Crippen LogP contribution in [0, 0.1) is 16.7 Å².